The van der Waals surface area contributed by atoms with Gasteiger partial charge in [-0.25, -0.2) is 4.72 Å². The van der Waals surface area contributed by atoms with E-state index >= 15 is 0 Å². The van der Waals surface area contributed by atoms with Crippen LogP contribution in [0.2, 0.25) is 0 Å². The van der Waals surface area contributed by atoms with E-state index in [0.29, 0.717) is 18.3 Å². The molecule has 0 spiro atoms. The molecule has 3 N–H and O–H groups in total. The van der Waals surface area contributed by atoms with Crippen LogP contribution < -0.4 is 4.72 Å². The van der Waals surface area contributed by atoms with E-state index < -0.39 is 34.8 Å². The summed E-state index contributed by atoms with van der Waals surface area (Å²) in [6.07, 6.45) is 0.648. The predicted octanol–water partition coefficient (Wildman–Crippen LogP) is 3.74. The molecule has 0 aliphatic heterocycles. The highest BCUT2D eigenvalue weighted by molar-refractivity contribution is 7.84. The topological polar surface area (TPSA) is 113 Å². The molecule has 11 heteroatoms. The minimum absolute atomic E-state index is 0.224. The third-order valence-corrected chi connectivity index (χ3v) is 8.28. The monoisotopic (exact) mass is 503 g/mol. The number of alkyl halides is 3. The molecular formula is C23H28F3NO6S. The Morgan fingerprint density at radius 1 is 1.26 bits per heavy atom. The standard InChI is InChI=1S/C23H28F3NO6S/c1-13-7-9-21(2)10-8-17-16-6-4-15(11-14(16)3-5-18(17)19(13)21)23(29,33-12-22(24,25)26)20(28)27-34(30,31)32/h4,6,11,17-19,29H,1,3,5,7-10,12H2,2H3,(H,27,28)(H,30,31,32)/t17?,18?,19?,21-,23?/m0/s1. The van der Waals surface area contributed by atoms with Crippen LogP contribution in [0.1, 0.15) is 61.6 Å². The second kappa shape index (κ2) is 8.32. The summed E-state index contributed by atoms with van der Waals surface area (Å²) < 4.78 is 75.0. The minimum Gasteiger partial charge on any atom is -0.354 e. The van der Waals surface area contributed by atoms with Gasteiger partial charge in [-0.15, -0.1) is 0 Å². The molecule has 3 aliphatic carbocycles. The van der Waals surface area contributed by atoms with Gasteiger partial charge in [0.25, 0.3) is 11.7 Å². The highest BCUT2D eigenvalue weighted by Gasteiger charge is 2.52. The van der Waals surface area contributed by atoms with Crippen LogP contribution in [0, 0.1) is 17.3 Å². The van der Waals surface area contributed by atoms with Crippen LogP contribution in [0.5, 0.6) is 0 Å². The van der Waals surface area contributed by atoms with Gasteiger partial charge < -0.3 is 9.84 Å². The van der Waals surface area contributed by atoms with E-state index in [4.69, 9.17) is 4.55 Å². The van der Waals surface area contributed by atoms with Crippen LogP contribution in [-0.2, 0) is 32.0 Å². The van der Waals surface area contributed by atoms with E-state index in [1.165, 1.54) is 17.7 Å². The zero-order chi connectivity index (χ0) is 25.1. The molecule has 0 heterocycles. The predicted molar refractivity (Wildman–Crippen MR) is 116 cm³/mol. The second-order valence-corrected chi connectivity index (χ2v) is 11.2. The third kappa shape index (κ3) is 4.62. The summed E-state index contributed by atoms with van der Waals surface area (Å²) in [4.78, 5) is 12.4. The number of carbonyl (C=O) groups is 1. The molecule has 188 valence electrons. The molecule has 7 nitrogen and oxygen atoms in total. The second-order valence-electron chi connectivity index (χ2n) is 10.0. The van der Waals surface area contributed by atoms with Gasteiger partial charge in [-0.1, -0.05) is 31.2 Å². The lowest BCUT2D eigenvalue weighted by Gasteiger charge is -2.49. The molecule has 3 aliphatic rings. The van der Waals surface area contributed by atoms with Gasteiger partial charge in [0, 0.05) is 5.56 Å². The number of halogens is 3. The number of nitrogens with one attached hydrogen (secondary N) is 1. The summed E-state index contributed by atoms with van der Waals surface area (Å²) in [6.45, 7) is 4.62. The van der Waals surface area contributed by atoms with Crippen molar-refractivity contribution in [2.75, 3.05) is 6.61 Å². The fourth-order valence-electron chi connectivity index (χ4n) is 6.41. The average molecular weight is 504 g/mol. The van der Waals surface area contributed by atoms with E-state index in [0.717, 1.165) is 48.0 Å². The van der Waals surface area contributed by atoms with E-state index in [1.54, 1.807) is 6.07 Å². The first-order valence-electron chi connectivity index (χ1n) is 11.2. The number of aryl methyl sites for hydroxylation is 1. The summed E-state index contributed by atoms with van der Waals surface area (Å²) in [5, 5.41) is 10.8. The van der Waals surface area contributed by atoms with Crippen molar-refractivity contribution >= 4 is 16.2 Å². The molecule has 34 heavy (non-hydrogen) atoms. The van der Waals surface area contributed by atoms with Crippen LogP contribution in [0.4, 0.5) is 13.2 Å². The maximum Gasteiger partial charge on any atom is 0.411 e. The first-order valence-corrected chi connectivity index (χ1v) is 12.6. The third-order valence-electron chi connectivity index (χ3n) is 7.83. The van der Waals surface area contributed by atoms with Crippen molar-refractivity contribution in [3.8, 4) is 0 Å². The van der Waals surface area contributed by atoms with Crippen LogP contribution in [-0.4, -0.2) is 36.8 Å². The number of rotatable bonds is 5. The van der Waals surface area contributed by atoms with Crippen molar-refractivity contribution < 1.29 is 40.8 Å². The summed E-state index contributed by atoms with van der Waals surface area (Å²) in [6, 6.07) is 4.34. The number of hydrogen-bond acceptors (Lipinski definition) is 5. The maximum absolute atomic E-state index is 12.8. The minimum atomic E-state index is -5.15. The molecular weight excluding hydrogens is 475 g/mol. The Labute approximate surface area is 196 Å². The van der Waals surface area contributed by atoms with Gasteiger partial charge in [-0.2, -0.15) is 21.6 Å². The Hall–Kier alpha value is -1.95. The van der Waals surface area contributed by atoms with Gasteiger partial charge in [-0.3, -0.25) is 9.35 Å². The number of fused-ring (bicyclic) bond motifs is 5. The number of allylic oxidation sites excluding steroid dienone is 1. The normalized spacial score (nSPS) is 30.6. The van der Waals surface area contributed by atoms with E-state index in [-0.39, 0.29) is 16.9 Å². The molecule has 5 atom stereocenters. The molecule has 0 radical (unpaired) electrons. The van der Waals surface area contributed by atoms with E-state index in [1.807, 2.05) is 0 Å². The summed E-state index contributed by atoms with van der Waals surface area (Å²) in [7, 11) is -5.15. The molecule has 0 bridgehead atoms. The average Bonchev–Trinajstić information content (AvgIpc) is 3.04. The lowest BCUT2D eigenvalue weighted by Crippen LogP contribution is -2.49. The van der Waals surface area contributed by atoms with Crippen LogP contribution in [0.25, 0.3) is 0 Å². The zero-order valence-corrected chi connectivity index (χ0v) is 19.5. The first kappa shape index (κ1) is 25.2. The Morgan fingerprint density at radius 2 is 1.97 bits per heavy atom. The van der Waals surface area contributed by atoms with Gasteiger partial charge in [0.05, 0.1) is 0 Å². The molecule has 4 rings (SSSR count). The zero-order valence-electron chi connectivity index (χ0n) is 18.7. The summed E-state index contributed by atoms with van der Waals surface area (Å²) >= 11 is 0. The lowest BCUT2D eigenvalue weighted by molar-refractivity contribution is -0.261. The van der Waals surface area contributed by atoms with Crippen LogP contribution in [0.3, 0.4) is 0 Å². The highest BCUT2D eigenvalue weighted by Crippen LogP contribution is 2.62. The number of aliphatic hydroxyl groups is 1. The Bertz CT molecular complexity index is 1120. The summed E-state index contributed by atoms with van der Waals surface area (Å²) in [5.74, 6) is -4.09. The quantitative estimate of drug-likeness (QED) is 0.321. The molecule has 2 fully saturated rings. The molecule has 1 amide bonds. The van der Waals surface area contributed by atoms with Crippen LogP contribution in [0.15, 0.2) is 30.4 Å². The van der Waals surface area contributed by atoms with E-state index in [9.17, 15) is 31.5 Å². The van der Waals surface area contributed by atoms with Crippen molar-refractivity contribution in [2.24, 2.45) is 17.3 Å². The summed E-state index contributed by atoms with van der Waals surface area (Å²) in [5.41, 5.74) is 2.93. The van der Waals surface area contributed by atoms with Crippen molar-refractivity contribution in [1.29, 1.82) is 0 Å². The number of amides is 1. The van der Waals surface area contributed by atoms with E-state index in [2.05, 4.69) is 18.2 Å². The number of benzene rings is 1. The molecule has 2 saturated carbocycles. The lowest BCUT2D eigenvalue weighted by atomic mass is 9.55. The van der Waals surface area contributed by atoms with Crippen molar-refractivity contribution in [3.05, 3.63) is 47.0 Å². The maximum atomic E-state index is 12.8. The van der Waals surface area contributed by atoms with Crippen molar-refractivity contribution in [3.63, 3.8) is 0 Å². The Morgan fingerprint density at radius 3 is 2.62 bits per heavy atom. The fraction of sp³-hybridized carbons (Fsp3) is 0.609. The van der Waals surface area contributed by atoms with Gasteiger partial charge in [0.15, 0.2) is 0 Å². The van der Waals surface area contributed by atoms with Crippen molar-refractivity contribution in [1.82, 2.24) is 4.72 Å². The fourth-order valence-corrected chi connectivity index (χ4v) is 6.78. The van der Waals surface area contributed by atoms with Gasteiger partial charge >= 0.3 is 16.5 Å². The molecule has 0 aromatic heterocycles. The largest absolute Gasteiger partial charge is 0.411 e. The van der Waals surface area contributed by atoms with Gasteiger partial charge in [-0.05, 0) is 78.9 Å². The number of ether oxygens (including phenoxy) is 1. The Balaban J connectivity index is 1.67. The number of hydrogen-bond donors (Lipinski definition) is 3. The Kier molecular flexibility index (Phi) is 6.16. The van der Waals surface area contributed by atoms with Gasteiger partial charge in [0.1, 0.15) is 6.61 Å². The highest BCUT2D eigenvalue weighted by atomic mass is 32.2. The molecule has 4 unspecified atom stereocenters. The molecule has 1 aromatic rings. The molecule has 0 saturated heterocycles. The van der Waals surface area contributed by atoms with Crippen LogP contribution >= 0.6 is 0 Å². The SMILES string of the molecule is C=C1CC[C@@]2(C)CCC3c4ccc(C(O)(OCC(F)(F)F)C(=O)NS(=O)(=O)O)cc4CCC3C12. The number of carbonyl (C=O) groups excluding carboxylic acids is 1. The smallest absolute Gasteiger partial charge is 0.354 e. The first-order chi connectivity index (χ1) is 15.6. The molecule has 1 aromatic carbocycles. The van der Waals surface area contributed by atoms with Gasteiger partial charge in [0.2, 0.25) is 0 Å². The van der Waals surface area contributed by atoms with Crippen molar-refractivity contribution in [2.45, 2.75) is 63.3 Å².